The first kappa shape index (κ1) is 16.9. The highest BCUT2D eigenvalue weighted by atomic mass is 32.2. The van der Waals surface area contributed by atoms with Crippen LogP contribution in [0.4, 0.5) is 8.78 Å². The molecule has 0 spiro atoms. The third-order valence-corrected chi connectivity index (χ3v) is 6.74. The van der Waals surface area contributed by atoms with E-state index in [1.54, 1.807) is 13.0 Å². The van der Waals surface area contributed by atoms with Crippen LogP contribution in [0.1, 0.15) is 31.7 Å². The zero-order valence-electron chi connectivity index (χ0n) is 12.6. The minimum atomic E-state index is -3.51. The molecule has 1 aromatic carbocycles. The molecule has 2 atom stereocenters. The number of hydrogen-bond acceptors (Lipinski definition) is 4. The highest BCUT2D eigenvalue weighted by Gasteiger charge is 2.50. The number of hydrogen-bond donors (Lipinski definition) is 1. The van der Waals surface area contributed by atoms with Crippen LogP contribution < -0.4 is 5.73 Å². The molecule has 4 nitrogen and oxygen atoms in total. The van der Waals surface area contributed by atoms with Gasteiger partial charge in [0.2, 0.25) is 0 Å². The molecular weight excluding hydrogens is 310 g/mol. The van der Waals surface area contributed by atoms with Crippen molar-refractivity contribution in [1.82, 2.24) is 0 Å². The third-order valence-electron chi connectivity index (χ3n) is 4.62. The lowest BCUT2D eigenvalue weighted by molar-refractivity contribution is 0.262. The van der Waals surface area contributed by atoms with Crippen LogP contribution in [0.3, 0.4) is 0 Å². The zero-order chi connectivity index (χ0) is 16.6. The normalized spacial score (nSPS) is 29.2. The molecule has 7 heteroatoms. The summed E-state index contributed by atoms with van der Waals surface area (Å²) < 4.78 is 50.7. The second-order valence-corrected chi connectivity index (χ2v) is 8.09. The molecule has 1 aromatic rings. The SMILES string of the molecule is CCC1(S(C)(=O)=O)CC[C@@](CF)(c2ccccc2F)N=C1N. The second-order valence-electron chi connectivity index (χ2n) is 5.76. The summed E-state index contributed by atoms with van der Waals surface area (Å²) in [5, 5.41) is 0. The number of aliphatic imine (C=N–C) groups is 1. The summed E-state index contributed by atoms with van der Waals surface area (Å²) in [6.07, 6.45) is 1.56. The van der Waals surface area contributed by atoms with Gasteiger partial charge in [0.1, 0.15) is 28.6 Å². The van der Waals surface area contributed by atoms with Crippen LogP contribution in [0.15, 0.2) is 29.3 Å². The largest absolute Gasteiger partial charge is 0.386 e. The van der Waals surface area contributed by atoms with E-state index in [1.165, 1.54) is 18.2 Å². The van der Waals surface area contributed by atoms with E-state index >= 15 is 0 Å². The van der Waals surface area contributed by atoms with Crippen LogP contribution in [0.25, 0.3) is 0 Å². The van der Waals surface area contributed by atoms with Crippen molar-refractivity contribution in [3.8, 4) is 0 Å². The van der Waals surface area contributed by atoms with Crippen molar-refractivity contribution in [3.05, 3.63) is 35.6 Å². The Balaban J connectivity index is 2.61. The van der Waals surface area contributed by atoms with Crippen LogP contribution >= 0.6 is 0 Å². The molecule has 122 valence electrons. The molecule has 2 N–H and O–H groups in total. The van der Waals surface area contributed by atoms with E-state index in [0.717, 1.165) is 6.26 Å². The third kappa shape index (κ3) is 2.41. The highest BCUT2D eigenvalue weighted by molar-refractivity contribution is 7.92. The fourth-order valence-electron chi connectivity index (χ4n) is 3.12. The van der Waals surface area contributed by atoms with Gasteiger partial charge >= 0.3 is 0 Å². The van der Waals surface area contributed by atoms with Gasteiger partial charge in [-0.2, -0.15) is 0 Å². The molecule has 0 amide bonds. The lowest BCUT2D eigenvalue weighted by Gasteiger charge is -2.41. The van der Waals surface area contributed by atoms with Gasteiger partial charge in [0, 0.05) is 11.8 Å². The topological polar surface area (TPSA) is 72.5 Å². The van der Waals surface area contributed by atoms with Crippen molar-refractivity contribution in [3.63, 3.8) is 0 Å². The van der Waals surface area contributed by atoms with Crippen molar-refractivity contribution in [2.75, 3.05) is 12.9 Å². The van der Waals surface area contributed by atoms with Gasteiger partial charge in [0.05, 0.1) is 0 Å². The van der Waals surface area contributed by atoms with Gasteiger partial charge < -0.3 is 5.73 Å². The minimum Gasteiger partial charge on any atom is -0.386 e. The van der Waals surface area contributed by atoms with Crippen molar-refractivity contribution in [1.29, 1.82) is 0 Å². The minimum absolute atomic E-state index is 0.0893. The Morgan fingerprint density at radius 3 is 2.41 bits per heavy atom. The average Bonchev–Trinajstić information content (AvgIpc) is 2.46. The predicted octanol–water partition coefficient (Wildman–Crippen LogP) is 2.33. The van der Waals surface area contributed by atoms with E-state index in [0.29, 0.717) is 0 Å². The van der Waals surface area contributed by atoms with Crippen molar-refractivity contribution in [2.45, 2.75) is 36.5 Å². The Morgan fingerprint density at radius 1 is 1.32 bits per heavy atom. The number of alkyl halides is 1. The summed E-state index contributed by atoms with van der Waals surface area (Å²) in [6.45, 7) is 0.771. The van der Waals surface area contributed by atoms with E-state index in [4.69, 9.17) is 5.73 Å². The van der Waals surface area contributed by atoms with E-state index in [2.05, 4.69) is 4.99 Å². The molecule has 0 aliphatic carbocycles. The summed E-state index contributed by atoms with van der Waals surface area (Å²) >= 11 is 0. The van der Waals surface area contributed by atoms with Crippen LogP contribution in [0.5, 0.6) is 0 Å². The molecule has 0 fully saturated rings. The van der Waals surface area contributed by atoms with E-state index in [-0.39, 0.29) is 30.7 Å². The van der Waals surface area contributed by atoms with E-state index in [9.17, 15) is 17.2 Å². The van der Waals surface area contributed by atoms with Crippen LogP contribution in [-0.2, 0) is 15.4 Å². The lowest BCUT2D eigenvalue weighted by atomic mass is 9.79. The molecule has 1 aliphatic rings. The Morgan fingerprint density at radius 2 is 1.95 bits per heavy atom. The molecule has 0 bridgehead atoms. The standard InChI is InChI=1S/C15H20F2N2O2S/c1-3-15(22(2,20)21)9-8-14(10-16,19-13(15)18)11-6-4-5-7-12(11)17/h4-7H,3,8-10H2,1-2H3,(H2,18,19)/t14-,15?/m1/s1. The molecule has 1 aliphatic heterocycles. The lowest BCUT2D eigenvalue weighted by Crippen LogP contribution is -2.55. The number of rotatable bonds is 4. The van der Waals surface area contributed by atoms with Crippen LogP contribution in [0, 0.1) is 5.82 Å². The highest BCUT2D eigenvalue weighted by Crippen LogP contribution is 2.43. The molecule has 22 heavy (non-hydrogen) atoms. The fourth-order valence-corrected chi connectivity index (χ4v) is 4.55. The molecule has 0 saturated heterocycles. The van der Waals surface area contributed by atoms with E-state index in [1.807, 2.05) is 0 Å². The molecule has 0 saturated carbocycles. The monoisotopic (exact) mass is 330 g/mol. The maximum atomic E-state index is 14.0. The van der Waals surface area contributed by atoms with Gasteiger partial charge in [-0.1, -0.05) is 25.1 Å². The molecular formula is C15H20F2N2O2S. The Bertz CT molecular complexity index is 705. The van der Waals surface area contributed by atoms with Gasteiger partial charge in [0.15, 0.2) is 9.84 Å². The number of nitrogens with two attached hydrogens (primary N) is 1. The summed E-state index contributed by atoms with van der Waals surface area (Å²) in [7, 11) is -3.51. The predicted molar refractivity (Wildman–Crippen MR) is 82.8 cm³/mol. The summed E-state index contributed by atoms with van der Waals surface area (Å²) in [5.41, 5.74) is 4.60. The first-order valence-electron chi connectivity index (χ1n) is 7.09. The van der Waals surface area contributed by atoms with Gasteiger partial charge in [-0.3, -0.25) is 4.99 Å². The Kier molecular flexibility index (Phi) is 4.30. The van der Waals surface area contributed by atoms with Gasteiger partial charge in [0.25, 0.3) is 0 Å². The van der Waals surface area contributed by atoms with Crippen LogP contribution in [0.2, 0.25) is 0 Å². The summed E-state index contributed by atoms with van der Waals surface area (Å²) in [5.74, 6) is -0.704. The average molecular weight is 330 g/mol. The number of amidine groups is 1. The zero-order valence-corrected chi connectivity index (χ0v) is 13.5. The quantitative estimate of drug-likeness (QED) is 0.921. The summed E-state index contributed by atoms with van der Waals surface area (Å²) in [6, 6.07) is 5.80. The molecule has 0 radical (unpaired) electrons. The van der Waals surface area contributed by atoms with Crippen LogP contribution in [-0.4, -0.2) is 31.9 Å². The number of nitrogens with zero attached hydrogens (tertiary/aromatic N) is 1. The second kappa shape index (κ2) is 5.61. The number of benzene rings is 1. The Labute approximate surface area is 129 Å². The maximum Gasteiger partial charge on any atom is 0.160 e. The fraction of sp³-hybridized carbons (Fsp3) is 0.533. The first-order valence-corrected chi connectivity index (χ1v) is 8.98. The number of halogens is 2. The Hall–Kier alpha value is -1.50. The smallest absolute Gasteiger partial charge is 0.160 e. The van der Waals surface area contributed by atoms with Gasteiger partial charge in [-0.25, -0.2) is 17.2 Å². The van der Waals surface area contributed by atoms with Crippen molar-refractivity contribution in [2.24, 2.45) is 10.7 Å². The van der Waals surface area contributed by atoms with Gasteiger partial charge in [-0.05, 0) is 25.3 Å². The van der Waals surface area contributed by atoms with Crippen molar-refractivity contribution >= 4 is 15.7 Å². The maximum absolute atomic E-state index is 14.0. The number of sulfone groups is 1. The molecule has 2 rings (SSSR count). The summed E-state index contributed by atoms with van der Waals surface area (Å²) in [4.78, 5) is 4.15. The molecule has 1 heterocycles. The first-order chi connectivity index (χ1) is 10.2. The van der Waals surface area contributed by atoms with Crippen molar-refractivity contribution < 1.29 is 17.2 Å². The molecule has 0 aromatic heterocycles. The van der Waals surface area contributed by atoms with E-state index < -0.39 is 32.6 Å². The van der Waals surface area contributed by atoms with Gasteiger partial charge in [-0.15, -0.1) is 0 Å². The molecule has 1 unspecified atom stereocenters.